The fourth-order valence-corrected chi connectivity index (χ4v) is 2.82. The van der Waals surface area contributed by atoms with Gasteiger partial charge in [-0.3, -0.25) is 4.98 Å². The highest BCUT2D eigenvalue weighted by molar-refractivity contribution is 5.46. The van der Waals surface area contributed by atoms with Crippen molar-refractivity contribution in [2.75, 3.05) is 25.1 Å². The number of hydrogen-bond donors (Lipinski definition) is 2. The summed E-state index contributed by atoms with van der Waals surface area (Å²) in [6.07, 6.45) is 7.00. The summed E-state index contributed by atoms with van der Waals surface area (Å²) in [5.74, 6) is 0. The van der Waals surface area contributed by atoms with Gasteiger partial charge in [0.25, 0.3) is 0 Å². The van der Waals surface area contributed by atoms with E-state index in [1.807, 2.05) is 13.2 Å². The Balaban J connectivity index is 2.12. The van der Waals surface area contributed by atoms with Gasteiger partial charge in [0.15, 0.2) is 0 Å². The van der Waals surface area contributed by atoms with Gasteiger partial charge in [0.2, 0.25) is 0 Å². The lowest BCUT2D eigenvalue weighted by Crippen LogP contribution is -2.35. The van der Waals surface area contributed by atoms with Crippen molar-refractivity contribution in [1.29, 1.82) is 0 Å². The zero-order chi connectivity index (χ0) is 13.7. The van der Waals surface area contributed by atoms with E-state index in [4.69, 9.17) is 0 Å². The maximum atomic E-state index is 9.27. The van der Waals surface area contributed by atoms with Crippen molar-refractivity contribution in [3.63, 3.8) is 0 Å². The van der Waals surface area contributed by atoms with Crippen molar-refractivity contribution in [3.8, 4) is 0 Å². The van der Waals surface area contributed by atoms with Crippen LogP contribution in [0.25, 0.3) is 0 Å². The Bertz CT molecular complexity index is 373. The maximum absolute atomic E-state index is 9.27. The Morgan fingerprint density at radius 3 is 2.68 bits per heavy atom. The quantitative estimate of drug-likeness (QED) is 0.825. The van der Waals surface area contributed by atoms with E-state index in [9.17, 15) is 5.11 Å². The average Bonchev–Trinajstić information content (AvgIpc) is 2.98. The van der Waals surface area contributed by atoms with E-state index in [0.29, 0.717) is 12.6 Å². The number of pyridine rings is 1. The molecule has 0 aromatic carbocycles. The van der Waals surface area contributed by atoms with Crippen LogP contribution in [0.4, 0.5) is 5.69 Å². The molecule has 0 spiro atoms. The Kier molecular flexibility index (Phi) is 5.16. The number of rotatable bonds is 6. The van der Waals surface area contributed by atoms with E-state index < -0.39 is 0 Å². The summed E-state index contributed by atoms with van der Waals surface area (Å²) in [7, 11) is 1.94. The molecular weight excluding hydrogens is 238 g/mol. The second kappa shape index (κ2) is 6.87. The first-order valence-corrected chi connectivity index (χ1v) is 7.27. The molecule has 1 fully saturated rings. The second-order valence-electron chi connectivity index (χ2n) is 5.31. The van der Waals surface area contributed by atoms with Crippen molar-refractivity contribution in [3.05, 3.63) is 24.0 Å². The van der Waals surface area contributed by atoms with Gasteiger partial charge in [-0.1, -0.05) is 12.8 Å². The highest BCUT2D eigenvalue weighted by atomic mass is 16.3. The molecule has 2 N–H and O–H groups in total. The summed E-state index contributed by atoms with van der Waals surface area (Å²) >= 11 is 0. The average molecular weight is 263 g/mol. The molecule has 1 heterocycles. The van der Waals surface area contributed by atoms with E-state index in [-0.39, 0.29) is 12.6 Å². The summed E-state index contributed by atoms with van der Waals surface area (Å²) in [5, 5.41) is 12.5. The summed E-state index contributed by atoms with van der Waals surface area (Å²) in [6.45, 7) is 3.00. The lowest BCUT2D eigenvalue weighted by molar-refractivity contribution is 0.297. The summed E-state index contributed by atoms with van der Waals surface area (Å²) < 4.78 is 0. The summed E-state index contributed by atoms with van der Waals surface area (Å²) in [4.78, 5) is 6.85. The minimum absolute atomic E-state index is 0.200. The van der Waals surface area contributed by atoms with Crippen LogP contribution in [0.1, 0.15) is 44.3 Å². The normalized spacial score (nSPS) is 17.6. The smallest absolute Gasteiger partial charge is 0.0606 e. The monoisotopic (exact) mass is 263 g/mol. The molecule has 1 aromatic rings. The topological polar surface area (TPSA) is 48.4 Å². The molecule has 4 heteroatoms. The van der Waals surface area contributed by atoms with Crippen LogP contribution in [0.5, 0.6) is 0 Å². The van der Waals surface area contributed by atoms with Crippen LogP contribution in [-0.4, -0.2) is 36.3 Å². The predicted octanol–water partition coefficient (Wildman–Crippen LogP) is 2.10. The van der Waals surface area contributed by atoms with Crippen LogP contribution in [0, 0.1) is 0 Å². The van der Waals surface area contributed by atoms with Crippen molar-refractivity contribution in [1.82, 2.24) is 10.3 Å². The van der Waals surface area contributed by atoms with Crippen LogP contribution in [0.2, 0.25) is 0 Å². The zero-order valence-electron chi connectivity index (χ0n) is 12.0. The molecule has 1 aromatic heterocycles. The van der Waals surface area contributed by atoms with Crippen molar-refractivity contribution in [2.24, 2.45) is 0 Å². The standard InChI is InChI=1S/C15H25N3O/c1-12(16-2)15-8-7-14(11-17-15)18(9-10-19)13-5-3-4-6-13/h7-8,11-13,16,19H,3-6,9-10H2,1-2H3. The van der Waals surface area contributed by atoms with E-state index in [1.165, 1.54) is 25.7 Å². The van der Waals surface area contributed by atoms with Crippen molar-refractivity contribution in [2.45, 2.75) is 44.7 Å². The third-order valence-electron chi connectivity index (χ3n) is 4.09. The predicted molar refractivity (Wildman–Crippen MR) is 78.4 cm³/mol. The largest absolute Gasteiger partial charge is 0.395 e. The molecule has 1 unspecified atom stereocenters. The van der Waals surface area contributed by atoms with Gasteiger partial charge in [-0.2, -0.15) is 0 Å². The molecule has 1 aliphatic carbocycles. The van der Waals surface area contributed by atoms with Gasteiger partial charge in [-0.25, -0.2) is 0 Å². The number of aromatic nitrogens is 1. The van der Waals surface area contributed by atoms with Crippen LogP contribution >= 0.6 is 0 Å². The van der Waals surface area contributed by atoms with Gasteiger partial charge in [0, 0.05) is 18.6 Å². The lowest BCUT2D eigenvalue weighted by Gasteiger charge is -2.30. The number of anilines is 1. The van der Waals surface area contributed by atoms with Crippen LogP contribution < -0.4 is 10.2 Å². The summed E-state index contributed by atoms with van der Waals surface area (Å²) in [6, 6.07) is 5.05. The van der Waals surface area contributed by atoms with Gasteiger partial charge in [0.05, 0.1) is 24.2 Å². The molecule has 1 saturated carbocycles. The van der Waals surface area contributed by atoms with Crippen molar-refractivity contribution < 1.29 is 5.11 Å². The molecule has 0 bridgehead atoms. The van der Waals surface area contributed by atoms with Gasteiger partial charge in [-0.05, 0) is 38.9 Å². The number of hydrogen-bond acceptors (Lipinski definition) is 4. The molecule has 106 valence electrons. The van der Waals surface area contributed by atoms with E-state index >= 15 is 0 Å². The Labute approximate surface area is 115 Å². The molecule has 0 radical (unpaired) electrons. The summed E-state index contributed by atoms with van der Waals surface area (Å²) in [5.41, 5.74) is 2.19. The van der Waals surface area contributed by atoms with Gasteiger partial charge in [-0.15, -0.1) is 0 Å². The SMILES string of the molecule is CNC(C)c1ccc(N(CCO)C2CCCC2)cn1. The van der Waals surface area contributed by atoms with Gasteiger partial charge < -0.3 is 15.3 Å². The fourth-order valence-electron chi connectivity index (χ4n) is 2.82. The molecule has 19 heavy (non-hydrogen) atoms. The molecule has 0 saturated heterocycles. The number of aliphatic hydroxyl groups excluding tert-OH is 1. The first-order chi connectivity index (χ1) is 9.26. The first kappa shape index (κ1) is 14.3. The Morgan fingerprint density at radius 2 is 2.16 bits per heavy atom. The van der Waals surface area contributed by atoms with Gasteiger partial charge in [0.1, 0.15) is 0 Å². The molecule has 4 nitrogen and oxygen atoms in total. The molecule has 0 aliphatic heterocycles. The van der Waals surface area contributed by atoms with Crippen LogP contribution in [-0.2, 0) is 0 Å². The van der Waals surface area contributed by atoms with Crippen molar-refractivity contribution >= 4 is 5.69 Å². The first-order valence-electron chi connectivity index (χ1n) is 7.27. The third kappa shape index (κ3) is 3.45. The molecular formula is C15H25N3O. The number of nitrogens with zero attached hydrogens (tertiary/aromatic N) is 2. The Hall–Kier alpha value is -1.13. The molecule has 1 atom stereocenters. The van der Waals surface area contributed by atoms with Gasteiger partial charge >= 0.3 is 0 Å². The van der Waals surface area contributed by atoms with Crippen LogP contribution in [0.3, 0.4) is 0 Å². The molecule has 0 amide bonds. The fraction of sp³-hybridized carbons (Fsp3) is 0.667. The molecule has 1 aliphatic rings. The minimum Gasteiger partial charge on any atom is -0.395 e. The highest BCUT2D eigenvalue weighted by Crippen LogP contribution is 2.28. The maximum Gasteiger partial charge on any atom is 0.0606 e. The molecule has 2 rings (SSSR count). The number of nitrogens with one attached hydrogen (secondary N) is 1. The van der Waals surface area contributed by atoms with E-state index in [2.05, 4.69) is 34.3 Å². The third-order valence-corrected chi connectivity index (χ3v) is 4.09. The van der Waals surface area contributed by atoms with E-state index in [1.54, 1.807) is 0 Å². The minimum atomic E-state index is 0.200. The Morgan fingerprint density at radius 1 is 1.42 bits per heavy atom. The zero-order valence-corrected chi connectivity index (χ0v) is 12.0. The highest BCUT2D eigenvalue weighted by Gasteiger charge is 2.22. The second-order valence-corrected chi connectivity index (χ2v) is 5.31. The number of aliphatic hydroxyl groups is 1. The van der Waals surface area contributed by atoms with E-state index in [0.717, 1.165) is 11.4 Å². The van der Waals surface area contributed by atoms with Crippen LogP contribution in [0.15, 0.2) is 18.3 Å². The lowest BCUT2D eigenvalue weighted by atomic mass is 10.1.